The van der Waals surface area contributed by atoms with Gasteiger partial charge in [0.1, 0.15) is 5.38 Å². The van der Waals surface area contributed by atoms with Gasteiger partial charge in [0.2, 0.25) is 0 Å². The predicted molar refractivity (Wildman–Crippen MR) is 61.5 cm³/mol. The molecule has 2 nitrogen and oxygen atoms in total. The van der Waals surface area contributed by atoms with Crippen molar-refractivity contribution in [2.24, 2.45) is 0 Å². The number of aliphatic carboxylic acids is 1. The fourth-order valence-corrected chi connectivity index (χ4v) is 1.81. The topological polar surface area (TPSA) is 37.3 Å². The van der Waals surface area contributed by atoms with Crippen molar-refractivity contribution in [1.82, 2.24) is 0 Å². The zero-order valence-corrected chi connectivity index (χ0v) is 9.71. The van der Waals surface area contributed by atoms with Gasteiger partial charge in [-0.1, -0.05) is 25.1 Å². The lowest BCUT2D eigenvalue weighted by Crippen LogP contribution is -2.17. The summed E-state index contributed by atoms with van der Waals surface area (Å²) in [5, 5.41) is 7.93. The molecule has 0 radical (unpaired) electrons. The van der Waals surface area contributed by atoms with E-state index < -0.39 is 11.3 Å². The first-order valence-electron chi connectivity index (χ1n) is 5.00. The van der Waals surface area contributed by atoms with Crippen LogP contribution in [0.4, 0.5) is 0 Å². The number of rotatable bonds is 4. The molecule has 1 unspecified atom stereocenters. The number of carboxylic acid groups (broad SMARTS) is 1. The summed E-state index contributed by atoms with van der Waals surface area (Å²) in [6, 6.07) is 6.00. The third-order valence-electron chi connectivity index (χ3n) is 2.54. The standard InChI is InChI=1S/C12H15ClO2/c1-3-9-6-4-5-8(2)10(9)7-11(13)12(14)15/h4-6,11H,3,7H2,1-2H3,(H,14,15). The monoisotopic (exact) mass is 226 g/mol. The first kappa shape index (κ1) is 12.1. The summed E-state index contributed by atoms with van der Waals surface area (Å²) in [6.45, 7) is 4.04. The Morgan fingerprint density at radius 3 is 2.73 bits per heavy atom. The maximum Gasteiger partial charge on any atom is 0.321 e. The number of hydrogen-bond donors (Lipinski definition) is 1. The van der Waals surface area contributed by atoms with Crippen molar-refractivity contribution in [3.05, 3.63) is 34.9 Å². The average Bonchev–Trinajstić information content (AvgIpc) is 2.20. The van der Waals surface area contributed by atoms with Crippen LogP contribution < -0.4 is 0 Å². The van der Waals surface area contributed by atoms with Crippen LogP contribution in [0.3, 0.4) is 0 Å². The van der Waals surface area contributed by atoms with Crippen LogP contribution in [0.2, 0.25) is 0 Å². The van der Waals surface area contributed by atoms with E-state index in [4.69, 9.17) is 16.7 Å². The molecule has 15 heavy (non-hydrogen) atoms. The lowest BCUT2D eigenvalue weighted by molar-refractivity contribution is -0.136. The van der Waals surface area contributed by atoms with E-state index in [1.807, 2.05) is 25.1 Å². The number of hydrogen-bond acceptors (Lipinski definition) is 1. The van der Waals surface area contributed by atoms with Gasteiger partial charge in [0.15, 0.2) is 0 Å². The maximum absolute atomic E-state index is 10.7. The summed E-state index contributed by atoms with van der Waals surface area (Å²) in [5.41, 5.74) is 3.37. The smallest absolute Gasteiger partial charge is 0.321 e. The molecular weight excluding hydrogens is 212 g/mol. The summed E-state index contributed by atoms with van der Waals surface area (Å²) in [6.07, 6.45) is 1.30. The Labute approximate surface area is 94.9 Å². The minimum absolute atomic E-state index is 0.396. The average molecular weight is 227 g/mol. The Morgan fingerprint density at radius 1 is 1.53 bits per heavy atom. The molecular formula is C12H15ClO2. The van der Waals surface area contributed by atoms with E-state index in [1.54, 1.807) is 0 Å². The van der Waals surface area contributed by atoms with Crippen molar-refractivity contribution in [3.8, 4) is 0 Å². The van der Waals surface area contributed by atoms with Crippen LogP contribution in [0.25, 0.3) is 0 Å². The minimum Gasteiger partial charge on any atom is -0.480 e. The zero-order chi connectivity index (χ0) is 11.4. The van der Waals surface area contributed by atoms with Crippen molar-refractivity contribution in [3.63, 3.8) is 0 Å². The molecule has 0 aliphatic rings. The number of benzene rings is 1. The molecule has 3 heteroatoms. The molecule has 0 saturated carbocycles. The Balaban J connectivity index is 2.97. The van der Waals surface area contributed by atoms with Gasteiger partial charge in [0, 0.05) is 0 Å². The van der Waals surface area contributed by atoms with Crippen molar-refractivity contribution >= 4 is 17.6 Å². The molecule has 0 aliphatic heterocycles. The van der Waals surface area contributed by atoms with Crippen LogP contribution in [0.15, 0.2) is 18.2 Å². The second-order valence-corrected chi connectivity index (χ2v) is 4.10. The van der Waals surface area contributed by atoms with Gasteiger partial charge in [-0.15, -0.1) is 11.6 Å². The maximum atomic E-state index is 10.7. The number of halogens is 1. The summed E-state index contributed by atoms with van der Waals surface area (Å²) in [4.78, 5) is 10.7. The van der Waals surface area contributed by atoms with E-state index in [0.29, 0.717) is 6.42 Å². The molecule has 0 aromatic heterocycles. The van der Waals surface area contributed by atoms with Gasteiger partial charge >= 0.3 is 5.97 Å². The van der Waals surface area contributed by atoms with Gasteiger partial charge < -0.3 is 5.11 Å². The highest BCUT2D eigenvalue weighted by atomic mass is 35.5. The molecule has 0 aliphatic carbocycles. The van der Waals surface area contributed by atoms with Crippen LogP contribution in [-0.2, 0) is 17.6 Å². The highest BCUT2D eigenvalue weighted by Gasteiger charge is 2.16. The lowest BCUT2D eigenvalue weighted by Gasteiger charge is -2.12. The normalized spacial score (nSPS) is 12.5. The van der Waals surface area contributed by atoms with Crippen molar-refractivity contribution in [2.45, 2.75) is 32.1 Å². The molecule has 1 rings (SSSR count). The summed E-state index contributed by atoms with van der Waals surface area (Å²) in [5.74, 6) is -0.957. The molecule has 0 amide bonds. The van der Waals surface area contributed by atoms with Crippen molar-refractivity contribution < 1.29 is 9.90 Å². The first-order chi connectivity index (χ1) is 7.06. The van der Waals surface area contributed by atoms with Gasteiger partial charge in [-0.05, 0) is 36.5 Å². The number of carboxylic acids is 1. The van der Waals surface area contributed by atoms with Crippen LogP contribution >= 0.6 is 11.6 Å². The highest BCUT2D eigenvalue weighted by Crippen LogP contribution is 2.18. The van der Waals surface area contributed by atoms with Crippen LogP contribution in [0.1, 0.15) is 23.6 Å². The number of alkyl halides is 1. The first-order valence-corrected chi connectivity index (χ1v) is 5.44. The Bertz CT molecular complexity index is 361. The summed E-state index contributed by atoms with van der Waals surface area (Å²) in [7, 11) is 0. The lowest BCUT2D eigenvalue weighted by atomic mass is 9.96. The fraction of sp³-hybridized carbons (Fsp3) is 0.417. The minimum atomic E-state index is -0.957. The molecule has 0 fully saturated rings. The largest absolute Gasteiger partial charge is 0.480 e. The summed E-state index contributed by atoms with van der Waals surface area (Å²) < 4.78 is 0. The second kappa shape index (κ2) is 5.17. The van der Waals surface area contributed by atoms with E-state index in [1.165, 1.54) is 5.56 Å². The number of carbonyl (C=O) groups is 1. The SMILES string of the molecule is CCc1cccc(C)c1CC(Cl)C(=O)O. The molecule has 1 aromatic carbocycles. The second-order valence-electron chi connectivity index (χ2n) is 3.58. The third kappa shape index (κ3) is 2.96. The van der Waals surface area contributed by atoms with Crippen LogP contribution in [0, 0.1) is 6.92 Å². The van der Waals surface area contributed by atoms with Gasteiger partial charge in [-0.25, -0.2) is 0 Å². The molecule has 1 N–H and O–H groups in total. The predicted octanol–water partition coefficient (Wildman–Crippen LogP) is 2.79. The zero-order valence-electron chi connectivity index (χ0n) is 8.96. The van der Waals surface area contributed by atoms with Crippen molar-refractivity contribution in [1.29, 1.82) is 0 Å². The van der Waals surface area contributed by atoms with Gasteiger partial charge in [0.25, 0.3) is 0 Å². The van der Waals surface area contributed by atoms with E-state index in [9.17, 15) is 4.79 Å². The molecule has 0 spiro atoms. The third-order valence-corrected chi connectivity index (χ3v) is 2.88. The molecule has 0 heterocycles. The number of aryl methyl sites for hydroxylation is 2. The molecule has 82 valence electrons. The van der Waals surface area contributed by atoms with E-state index in [2.05, 4.69) is 6.92 Å². The Morgan fingerprint density at radius 2 is 2.20 bits per heavy atom. The van der Waals surface area contributed by atoms with Gasteiger partial charge in [-0.2, -0.15) is 0 Å². The van der Waals surface area contributed by atoms with Crippen LogP contribution in [-0.4, -0.2) is 16.5 Å². The van der Waals surface area contributed by atoms with Gasteiger partial charge in [0.05, 0.1) is 0 Å². The quantitative estimate of drug-likeness (QED) is 0.802. The fourth-order valence-electron chi connectivity index (χ4n) is 1.65. The molecule has 1 aromatic rings. The molecule has 1 atom stereocenters. The van der Waals surface area contributed by atoms with E-state index in [-0.39, 0.29) is 0 Å². The highest BCUT2D eigenvalue weighted by molar-refractivity contribution is 6.29. The van der Waals surface area contributed by atoms with Crippen LogP contribution in [0.5, 0.6) is 0 Å². The summed E-state index contributed by atoms with van der Waals surface area (Å²) >= 11 is 5.75. The van der Waals surface area contributed by atoms with Crippen molar-refractivity contribution in [2.75, 3.05) is 0 Å². The molecule has 0 bridgehead atoms. The Kier molecular flexibility index (Phi) is 4.15. The van der Waals surface area contributed by atoms with E-state index in [0.717, 1.165) is 17.5 Å². The van der Waals surface area contributed by atoms with E-state index >= 15 is 0 Å². The molecule has 0 saturated heterocycles. The Hall–Kier alpha value is -1.02. The van der Waals surface area contributed by atoms with Gasteiger partial charge in [-0.3, -0.25) is 4.79 Å².